The molecule has 6 N–H and O–H groups in total. The molecule has 0 saturated heterocycles. The molecule has 0 radical (unpaired) electrons. The molecule has 0 unspecified atom stereocenters. The van der Waals surface area contributed by atoms with Crippen LogP contribution in [0.15, 0.2) is 60.7 Å². The van der Waals surface area contributed by atoms with Gasteiger partial charge in [0.25, 0.3) is 0 Å². The first-order valence-electron chi connectivity index (χ1n) is 10.9. The molecule has 0 spiro atoms. The zero-order chi connectivity index (χ0) is 26.9. The fourth-order valence-corrected chi connectivity index (χ4v) is 3.85. The Morgan fingerprint density at radius 1 is 0.730 bits per heavy atom. The van der Waals surface area contributed by atoms with Crippen molar-refractivity contribution in [3.63, 3.8) is 0 Å². The van der Waals surface area contributed by atoms with E-state index in [1.54, 1.807) is 0 Å². The van der Waals surface area contributed by atoms with Crippen LogP contribution in [0.1, 0.15) is 15.9 Å². The number of methoxy groups -OCH3 is 1. The van der Waals surface area contributed by atoms with Gasteiger partial charge < -0.3 is 40.1 Å². The number of benzene rings is 4. The molecular weight excluding hydrogens is 484 g/mol. The van der Waals surface area contributed by atoms with Gasteiger partial charge in [-0.1, -0.05) is 12.1 Å². The number of aromatic hydroxyl groups is 6. The third-order valence-electron chi connectivity index (χ3n) is 5.74. The molecule has 0 bridgehead atoms. The van der Waals surface area contributed by atoms with Crippen LogP contribution in [0.25, 0.3) is 21.9 Å². The normalized spacial score (nSPS) is 11.7. The number of esters is 2. The Balaban J connectivity index is 1.75. The first kappa shape index (κ1) is 25.0. The summed E-state index contributed by atoms with van der Waals surface area (Å²) in [5, 5.41) is 59.7. The Labute approximate surface area is 209 Å². The fourth-order valence-electron chi connectivity index (χ4n) is 3.85. The number of phenols is 6. The first-order chi connectivity index (χ1) is 17.6. The number of fused-ring (bicyclic) bond motifs is 1. The van der Waals surface area contributed by atoms with E-state index in [4.69, 9.17) is 9.47 Å². The van der Waals surface area contributed by atoms with Crippen molar-refractivity contribution >= 4 is 22.7 Å². The lowest BCUT2D eigenvalue weighted by Gasteiger charge is -2.17. The van der Waals surface area contributed by atoms with Gasteiger partial charge in [0.05, 0.1) is 12.7 Å². The summed E-state index contributed by atoms with van der Waals surface area (Å²) in [6, 6.07) is 13.2. The highest BCUT2D eigenvalue weighted by Crippen LogP contribution is 2.39. The maximum Gasteiger partial charge on any atom is 0.347 e. The molecule has 1 atom stereocenters. The van der Waals surface area contributed by atoms with Crippen molar-refractivity contribution in [1.29, 1.82) is 0 Å². The molecule has 190 valence electrons. The lowest BCUT2D eigenvalue weighted by atomic mass is 9.94. The number of phenolic OH excluding ortho intramolecular Hbond substituents is 6. The summed E-state index contributed by atoms with van der Waals surface area (Å²) in [5.74, 6) is -4.15. The van der Waals surface area contributed by atoms with Crippen LogP contribution in [0, 0.1) is 0 Å². The second kappa shape index (κ2) is 9.86. The highest BCUT2D eigenvalue weighted by Gasteiger charge is 2.26. The Morgan fingerprint density at radius 3 is 2.00 bits per heavy atom. The van der Waals surface area contributed by atoms with Gasteiger partial charge in [0.1, 0.15) is 0 Å². The number of hydrogen-bond donors (Lipinski definition) is 6. The van der Waals surface area contributed by atoms with Crippen LogP contribution < -0.4 is 0 Å². The minimum absolute atomic E-state index is 0.0254. The molecule has 0 saturated carbocycles. The van der Waals surface area contributed by atoms with E-state index in [2.05, 4.69) is 0 Å². The van der Waals surface area contributed by atoms with Crippen molar-refractivity contribution in [1.82, 2.24) is 0 Å². The first-order valence-corrected chi connectivity index (χ1v) is 10.9. The smallest absolute Gasteiger partial charge is 0.347 e. The predicted molar refractivity (Wildman–Crippen MR) is 131 cm³/mol. The van der Waals surface area contributed by atoms with Crippen LogP contribution in [0.4, 0.5) is 0 Å². The Hall–Kier alpha value is -5.12. The van der Waals surface area contributed by atoms with Gasteiger partial charge in [-0.05, 0) is 76.0 Å². The van der Waals surface area contributed by atoms with Crippen molar-refractivity contribution in [2.75, 3.05) is 7.11 Å². The third kappa shape index (κ3) is 5.13. The number of hydrogen-bond acceptors (Lipinski definition) is 10. The van der Waals surface area contributed by atoms with Crippen LogP contribution in [-0.2, 0) is 20.7 Å². The molecule has 0 fully saturated rings. The van der Waals surface area contributed by atoms with Crippen molar-refractivity contribution in [2.24, 2.45) is 0 Å². The van der Waals surface area contributed by atoms with Gasteiger partial charge in [-0.25, -0.2) is 9.59 Å². The van der Waals surface area contributed by atoms with Crippen molar-refractivity contribution < 1.29 is 49.7 Å². The number of carbonyl (C=O) groups excluding carboxylic acids is 2. The molecule has 4 aromatic carbocycles. The van der Waals surface area contributed by atoms with Crippen molar-refractivity contribution in [3.05, 3.63) is 71.8 Å². The molecule has 0 aliphatic rings. The monoisotopic (exact) mass is 506 g/mol. The van der Waals surface area contributed by atoms with Crippen LogP contribution in [0.3, 0.4) is 0 Å². The standard InChI is InChI=1S/C27H22O10/c1-36-27(35)25(7-13-2-4-19(28)21(30)6-13)37-26(34)16-8-15-11-23(32)24(33)12-18(15)17(9-16)14-3-5-20(29)22(31)10-14/h2-6,8-12,25,28-33H,7H2,1H3/t25-/m1/s1. The van der Waals surface area contributed by atoms with E-state index in [0.717, 1.165) is 7.11 Å². The molecule has 0 aliphatic heterocycles. The third-order valence-corrected chi connectivity index (χ3v) is 5.74. The fraction of sp³-hybridized carbons (Fsp3) is 0.111. The van der Waals surface area contributed by atoms with Crippen LogP contribution >= 0.6 is 0 Å². The highest BCUT2D eigenvalue weighted by molar-refractivity contribution is 6.04. The van der Waals surface area contributed by atoms with Gasteiger partial charge in [0.15, 0.2) is 34.5 Å². The minimum Gasteiger partial charge on any atom is -0.504 e. The number of carbonyl (C=O) groups is 2. The van der Waals surface area contributed by atoms with Gasteiger partial charge in [-0.15, -0.1) is 0 Å². The SMILES string of the molecule is COC(=O)[C@@H](Cc1ccc(O)c(O)c1)OC(=O)c1cc(-c2ccc(O)c(O)c2)c2cc(O)c(O)cc2c1. The molecular formula is C27H22O10. The molecule has 10 nitrogen and oxygen atoms in total. The number of rotatable bonds is 6. The molecule has 4 rings (SSSR count). The van der Waals surface area contributed by atoms with Crippen molar-refractivity contribution in [2.45, 2.75) is 12.5 Å². The molecule has 0 aliphatic carbocycles. The molecule has 0 heterocycles. The van der Waals surface area contributed by atoms with Gasteiger partial charge in [-0.2, -0.15) is 0 Å². The largest absolute Gasteiger partial charge is 0.504 e. The van der Waals surface area contributed by atoms with E-state index in [1.807, 2.05) is 0 Å². The summed E-state index contributed by atoms with van der Waals surface area (Å²) in [6.07, 6.45) is -1.56. The van der Waals surface area contributed by atoms with E-state index in [-0.39, 0.29) is 23.5 Å². The predicted octanol–water partition coefficient (Wildman–Crippen LogP) is 3.68. The zero-order valence-electron chi connectivity index (χ0n) is 19.4. The zero-order valence-corrected chi connectivity index (χ0v) is 19.4. The highest BCUT2D eigenvalue weighted by atomic mass is 16.6. The quantitative estimate of drug-likeness (QED) is 0.167. The van der Waals surface area contributed by atoms with Gasteiger partial charge in [-0.3, -0.25) is 0 Å². The van der Waals surface area contributed by atoms with E-state index >= 15 is 0 Å². The Kier molecular flexibility index (Phi) is 6.66. The van der Waals surface area contributed by atoms with Crippen LogP contribution in [0.5, 0.6) is 34.5 Å². The second-order valence-electron chi connectivity index (χ2n) is 8.23. The summed E-state index contributed by atoms with van der Waals surface area (Å²) < 4.78 is 10.2. The van der Waals surface area contributed by atoms with E-state index in [9.17, 15) is 40.2 Å². The summed E-state index contributed by atoms with van der Waals surface area (Å²) in [5.41, 5.74) is 1.09. The van der Waals surface area contributed by atoms with E-state index < -0.39 is 41.0 Å². The minimum atomic E-state index is -1.40. The van der Waals surface area contributed by atoms with E-state index in [1.165, 1.54) is 60.7 Å². The topological polar surface area (TPSA) is 174 Å². The maximum atomic E-state index is 13.2. The summed E-state index contributed by atoms with van der Waals surface area (Å²) in [6.45, 7) is 0. The average Bonchev–Trinajstić information content (AvgIpc) is 2.87. The van der Waals surface area contributed by atoms with E-state index in [0.29, 0.717) is 27.5 Å². The molecule has 0 amide bonds. The molecule has 37 heavy (non-hydrogen) atoms. The van der Waals surface area contributed by atoms with Gasteiger partial charge >= 0.3 is 11.9 Å². The lowest BCUT2D eigenvalue weighted by Crippen LogP contribution is -2.30. The Morgan fingerprint density at radius 2 is 1.35 bits per heavy atom. The van der Waals surface area contributed by atoms with Gasteiger partial charge in [0, 0.05) is 6.42 Å². The van der Waals surface area contributed by atoms with Gasteiger partial charge in [0.2, 0.25) is 6.10 Å². The van der Waals surface area contributed by atoms with Crippen LogP contribution in [-0.4, -0.2) is 55.8 Å². The second-order valence-corrected chi connectivity index (χ2v) is 8.23. The molecule has 0 aromatic heterocycles. The lowest BCUT2D eigenvalue weighted by molar-refractivity contribution is -0.150. The van der Waals surface area contributed by atoms with Crippen LogP contribution in [0.2, 0.25) is 0 Å². The Bertz CT molecular complexity index is 1530. The van der Waals surface area contributed by atoms with Crippen molar-refractivity contribution in [3.8, 4) is 45.6 Å². The number of ether oxygens (including phenoxy) is 2. The molecule has 4 aromatic rings. The maximum absolute atomic E-state index is 13.2. The summed E-state index contributed by atoms with van der Waals surface area (Å²) in [4.78, 5) is 25.5. The summed E-state index contributed by atoms with van der Waals surface area (Å²) in [7, 11) is 1.12. The summed E-state index contributed by atoms with van der Waals surface area (Å²) >= 11 is 0. The molecule has 10 heteroatoms. The average molecular weight is 506 g/mol.